The molecule has 0 amide bonds. The Morgan fingerprint density at radius 2 is 2.00 bits per heavy atom. The van der Waals surface area contributed by atoms with E-state index in [0.717, 1.165) is 12.1 Å². The summed E-state index contributed by atoms with van der Waals surface area (Å²) in [6.07, 6.45) is 2.95. The van der Waals surface area contributed by atoms with E-state index in [1.807, 2.05) is 26.8 Å². The summed E-state index contributed by atoms with van der Waals surface area (Å²) in [4.78, 5) is 1.77. The molecule has 1 aliphatic heterocycles. The highest BCUT2D eigenvalue weighted by molar-refractivity contribution is 5.10. The standard InChI is InChI=1S/C10H17F2N/c1-4-5-9(8(2)3)13-6-10(11,12)7-13/h5,8H,4,6-7H2,1-3H3/b9-5-. The Morgan fingerprint density at radius 1 is 1.46 bits per heavy atom. The van der Waals surface area contributed by atoms with E-state index in [0.29, 0.717) is 5.92 Å². The average Bonchev–Trinajstić information content (AvgIpc) is 1.95. The summed E-state index contributed by atoms with van der Waals surface area (Å²) in [5, 5.41) is 0. The second-order valence-corrected chi connectivity index (χ2v) is 3.90. The lowest BCUT2D eigenvalue weighted by molar-refractivity contribution is -0.119. The van der Waals surface area contributed by atoms with Gasteiger partial charge in [-0.15, -0.1) is 0 Å². The van der Waals surface area contributed by atoms with Crippen LogP contribution in [-0.2, 0) is 0 Å². The second-order valence-electron chi connectivity index (χ2n) is 3.90. The Labute approximate surface area is 78.4 Å². The lowest BCUT2D eigenvalue weighted by Crippen LogP contribution is -2.55. The molecule has 0 bridgehead atoms. The van der Waals surface area contributed by atoms with E-state index in [-0.39, 0.29) is 13.1 Å². The van der Waals surface area contributed by atoms with Crippen molar-refractivity contribution in [3.63, 3.8) is 0 Å². The monoisotopic (exact) mass is 189 g/mol. The topological polar surface area (TPSA) is 3.24 Å². The average molecular weight is 189 g/mol. The van der Waals surface area contributed by atoms with Crippen LogP contribution in [0.1, 0.15) is 27.2 Å². The molecule has 3 heteroatoms. The summed E-state index contributed by atoms with van der Waals surface area (Å²) in [7, 11) is 0. The molecule has 1 rings (SSSR count). The number of nitrogens with zero attached hydrogens (tertiary/aromatic N) is 1. The highest BCUT2D eigenvalue weighted by Gasteiger charge is 2.44. The molecule has 1 aliphatic rings. The van der Waals surface area contributed by atoms with Crippen molar-refractivity contribution >= 4 is 0 Å². The van der Waals surface area contributed by atoms with Gasteiger partial charge < -0.3 is 4.90 Å². The third-order valence-electron chi connectivity index (χ3n) is 2.21. The zero-order valence-electron chi connectivity index (χ0n) is 8.48. The molecule has 0 spiro atoms. The van der Waals surface area contributed by atoms with Crippen LogP contribution in [-0.4, -0.2) is 23.9 Å². The lowest BCUT2D eigenvalue weighted by Gasteiger charge is -2.43. The number of hydrogen-bond donors (Lipinski definition) is 0. The molecule has 76 valence electrons. The summed E-state index contributed by atoms with van der Waals surface area (Å²) in [5.74, 6) is -2.11. The van der Waals surface area contributed by atoms with E-state index in [9.17, 15) is 8.78 Å². The van der Waals surface area contributed by atoms with E-state index in [1.54, 1.807) is 4.90 Å². The van der Waals surface area contributed by atoms with Gasteiger partial charge in [0.05, 0.1) is 13.1 Å². The van der Waals surface area contributed by atoms with Gasteiger partial charge in [-0.1, -0.05) is 26.8 Å². The molecule has 0 radical (unpaired) electrons. The highest BCUT2D eigenvalue weighted by Crippen LogP contribution is 2.32. The van der Waals surface area contributed by atoms with Gasteiger partial charge in [0.1, 0.15) is 0 Å². The Kier molecular flexibility index (Phi) is 2.94. The summed E-state index contributed by atoms with van der Waals surface area (Å²) >= 11 is 0. The Hall–Kier alpha value is -0.600. The first-order valence-corrected chi connectivity index (χ1v) is 4.79. The Bertz CT molecular complexity index is 201. The van der Waals surface area contributed by atoms with Crippen LogP contribution in [0.4, 0.5) is 8.78 Å². The predicted molar refractivity (Wildman–Crippen MR) is 49.7 cm³/mol. The van der Waals surface area contributed by atoms with Crippen molar-refractivity contribution in [1.82, 2.24) is 4.90 Å². The van der Waals surface area contributed by atoms with Crippen molar-refractivity contribution in [3.8, 4) is 0 Å². The molecule has 0 unspecified atom stereocenters. The molecule has 0 aliphatic carbocycles. The first-order valence-electron chi connectivity index (χ1n) is 4.79. The molecule has 0 N–H and O–H groups in total. The maximum atomic E-state index is 12.6. The highest BCUT2D eigenvalue weighted by atomic mass is 19.3. The zero-order chi connectivity index (χ0) is 10.1. The number of rotatable bonds is 3. The minimum absolute atomic E-state index is 0.100. The van der Waals surface area contributed by atoms with Crippen LogP contribution in [0.5, 0.6) is 0 Å². The summed E-state index contributed by atoms with van der Waals surface area (Å²) in [5.41, 5.74) is 1.06. The number of hydrogen-bond acceptors (Lipinski definition) is 1. The second kappa shape index (κ2) is 3.64. The van der Waals surface area contributed by atoms with Gasteiger partial charge in [0.2, 0.25) is 0 Å². The van der Waals surface area contributed by atoms with Crippen LogP contribution in [0.15, 0.2) is 11.8 Å². The minimum atomic E-state index is -2.46. The Balaban J connectivity index is 2.55. The molecular weight excluding hydrogens is 172 g/mol. The van der Waals surface area contributed by atoms with Gasteiger partial charge in [-0.05, 0) is 12.3 Å². The van der Waals surface area contributed by atoms with Gasteiger partial charge in [0.15, 0.2) is 0 Å². The van der Waals surface area contributed by atoms with Crippen LogP contribution >= 0.6 is 0 Å². The van der Waals surface area contributed by atoms with Crippen molar-refractivity contribution in [2.75, 3.05) is 13.1 Å². The largest absolute Gasteiger partial charge is 0.363 e. The van der Waals surface area contributed by atoms with Gasteiger partial charge in [-0.25, -0.2) is 8.78 Å². The fourth-order valence-corrected chi connectivity index (χ4v) is 1.63. The summed E-state index contributed by atoms with van der Waals surface area (Å²) in [6, 6.07) is 0. The third kappa shape index (κ3) is 2.42. The van der Waals surface area contributed by atoms with Crippen molar-refractivity contribution in [2.45, 2.75) is 33.1 Å². The van der Waals surface area contributed by atoms with Crippen molar-refractivity contribution in [3.05, 3.63) is 11.8 Å². The molecule has 1 fully saturated rings. The number of likely N-dealkylation sites (tertiary alicyclic amines) is 1. The zero-order valence-corrected chi connectivity index (χ0v) is 8.48. The molecule has 0 aromatic heterocycles. The number of allylic oxidation sites excluding steroid dienone is 2. The number of halogens is 2. The maximum absolute atomic E-state index is 12.6. The van der Waals surface area contributed by atoms with Gasteiger partial charge in [0, 0.05) is 5.70 Å². The van der Waals surface area contributed by atoms with Crippen LogP contribution in [0.2, 0.25) is 0 Å². The predicted octanol–water partition coefficient (Wildman–Crippen LogP) is 2.89. The molecule has 1 saturated heterocycles. The molecule has 0 aromatic carbocycles. The molecule has 1 heterocycles. The first-order chi connectivity index (χ1) is 5.96. The molecule has 0 atom stereocenters. The van der Waals surface area contributed by atoms with E-state index in [1.165, 1.54) is 0 Å². The molecule has 0 saturated carbocycles. The SMILES string of the molecule is CC/C=C(/C(C)C)N1CC(F)(F)C1. The van der Waals surface area contributed by atoms with Gasteiger partial charge in [0.25, 0.3) is 5.92 Å². The van der Waals surface area contributed by atoms with Crippen LogP contribution < -0.4 is 0 Å². The maximum Gasteiger partial charge on any atom is 0.282 e. The van der Waals surface area contributed by atoms with Crippen molar-refractivity contribution < 1.29 is 8.78 Å². The number of alkyl halides is 2. The van der Waals surface area contributed by atoms with Crippen LogP contribution in [0, 0.1) is 5.92 Å². The summed E-state index contributed by atoms with van der Waals surface area (Å²) in [6.45, 7) is 5.91. The summed E-state index contributed by atoms with van der Waals surface area (Å²) < 4.78 is 25.2. The fraction of sp³-hybridized carbons (Fsp3) is 0.800. The third-order valence-corrected chi connectivity index (χ3v) is 2.21. The van der Waals surface area contributed by atoms with Crippen molar-refractivity contribution in [1.29, 1.82) is 0 Å². The van der Waals surface area contributed by atoms with Crippen molar-refractivity contribution in [2.24, 2.45) is 5.92 Å². The molecule has 1 nitrogen and oxygen atoms in total. The normalized spacial score (nSPS) is 22.0. The van der Waals surface area contributed by atoms with Gasteiger partial charge in [-0.2, -0.15) is 0 Å². The Morgan fingerprint density at radius 3 is 2.31 bits per heavy atom. The quantitative estimate of drug-likeness (QED) is 0.659. The van der Waals surface area contributed by atoms with Crippen LogP contribution in [0.3, 0.4) is 0 Å². The van der Waals surface area contributed by atoms with E-state index in [2.05, 4.69) is 0 Å². The van der Waals surface area contributed by atoms with Gasteiger partial charge in [-0.3, -0.25) is 0 Å². The molecule has 0 aromatic rings. The smallest absolute Gasteiger partial charge is 0.282 e. The van der Waals surface area contributed by atoms with E-state index >= 15 is 0 Å². The van der Waals surface area contributed by atoms with Crippen LogP contribution in [0.25, 0.3) is 0 Å². The molecule has 13 heavy (non-hydrogen) atoms. The lowest BCUT2D eigenvalue weighted by atomic mass is 10.0. The van der Waals surface area contributed by atoms with Gasteiger partial charge >= 0.3 is 0 Å². The minimum Gasteiger partial charge on any atom is -0.363 e. The van der Waals surface area contributed by atoms with E-state index in [4.69, 9.17) is 0 Å². The first kappa shape index (κ1) is 10.5. The van der Waals surface area contributed by atoms with E-state index < -0.39 is 5.92 Å². The fourth-order valence-electron chi connectivity index (χ4n) is 1.63. The molecular formula is C10H17F2N.